The first-order chi connectivity index (χ1) is 5.55. The Morgan fingerprint density at radius 3 is 2.50 bits per heavy atom. The van der Waals surface area contributed by atoms with E-state index in [0.29, 0.717) is 12.5 Å². The Bertz CT molecular complexity index is 139. The van der Waals surface area contributed by atoms with Gasteiger partial charge in [-0.05, 0) is 39.0 Å². The van der Waals surface area contributed by atoms with Gasteiger partial charge in [-0.3, -0.25) is 0 Å². The molecule has 0 spiro atoms. The summed E-state index contributed by atoms with van der Waals surface area (Å²) in [4.78, 5) is 0. The first-order valence-corrected chi connectivity index (χ1v) is 4.87. The van der Waals surface area contributed by atoms with E-state index >= 15 is 0 Å². The molecule has 1 N–H and O–H groups in total. The molecule has 0 aromatic heterocycles. The van der Waals surface area contributed by atoms with E-state index in [4.69, 9.17) is 4.74 Å². The van der Waals surface area contributed by atoms with Gasteiger partial charge >= 0.3 is 0 Å². The highest BCUT2D eigenvalue weighted by Crippen LogP contribution is 2.33. The highest BCUT2D eigenvalue weighted by Gasteiger charge is 2.31. The third-order valence-electron chi connectivity index (χ3n) is 2.66. The van der Waals surface area contributed by atoms with Gasteiger partial charge in [0.2, 0.25) is 0 Å². The van der Waals surface area contributed by atoms with Crippen molar-refractivity contribution < 1.29 is 9.84 Å². The van der Waals surface area contributed by atoms with Gasteiger partial charge in [-0.25, -0.2) is 0 Å². The predicted octanol–water partition coefficient (Wildman–Crippen LogP) is 1.96. The lowest BCUT2D eigenvalue weighted by molar-refractivity contribution is -0.0657. The Morgan fingerprint density at radius 1 is 1.50 bits per heavy atom. The molecule has 0 aliphatic heterocycles. The molecule has 0 bridgehead atoms. The minimum atomic E-state index is -0.226. The van der Waals surface area contributed by atoms with E-state index in [0.717, 1.165) is 6.42 Å². The molecule has 2 heteroatoms. The van der Waals surface area contributed by atoms with Crippen molar-refractivity contribution in [3.63, 3.8) is 0 Å². The van der Waals surface area contributed by atoms with Crippen molar-refractivity contribution in [2.75, 3.05) is 6.61 Å². The van der Waals surface area contributed by atoms with Gasteiger partial charge in [-0.1, -0.05) is 6.92 Å². The fourth-order valence-corrected chi connectivity index (χ4v) is 1.03. The molecule has 0 saturated heterocycles. The van der Waals surface area contributed by atoms with E-state index in [2.05, 4.69) is 20.8 Å². The molecular weight excluding hydrogens is 152 g/mol. The van der Waals surface area contributed by atoms with Gasteiger partial charge in [0.15, 0.2) is 0 Å². The number of aliphatic hydroxyl groups is 1. The van der Waals surface area contributed by atoms with Crippen molar-refractivity contribution in [1.82, 2.24) is 0 Å². The molecule has 1 rings (SSSR count). The molecule has 72 valence electrons. The van der Waals surface area contributed by atoms with Crippen molar-refractivity contribution in [3.05, 3.63) is 0 Å². The molecule has 0 aromatic carbocycles. The van der Waals surface area contributed by atoms with E-state index in [1.54, 1.807) is 0 Å². The van der Waals surface area contributed by atoms with Crippen LogP contribution in [0.2, 0.25) is 0 Å². The normalized spacial score (nSPS) is 21.0. The molecule has 0 heterocycles. The summed E-state index contributed by atoms with van der Waals surface area (Å²) < 4.78 is 5.59. The first kappa shape index (κ1) is 10.0. The van der Waals surface area contributed by atoms with Crippen molar-refractivity contribution in [2.24, 2.45) is 5.92 Å². The zero-order valence-electron chi connectivity index (χ0n) is 8.34. The predicted molar refractivity (Wildman–Crippen MR) is 49.1 cm³/mol. The number of aliphatic hydroxyl groups excluding tert-OH is 1. The van der Waals surface area contributed by atoms with Crippen LogP contribution in [0.25, 0.3) is 0 Å². The highest BCUT2D eigenvalue weighted by molar-refractivity contribution is 4.81. The molecule has 0 aromatic rings. The van der Waals surface area contributed by atoms with Crippen LogP contribution in [0.3, 0.4) is 0 Å². The third-order valence-corrected chi connectivity index (χ3v) is 2.66. The van der Waals surface area contributed by atoms with Gasteiger partial charge in [0.05, 0.1) is 18.3 Å². The molecular formula is C10H20O2. The van der Waals surface area contributed by atoms with Crippen LogP contribution in [0.4, 0.5) is 0 Å². The van der Waals surface area contributed by atoms with Crippen LogP contribution in [0.15, 0.2) is 0 Å². The summed E-state index contributed by atoms with van der Waals surface area (Å²) in [5.41, 5.74) is -0.0735. The smallest absolute Gasteiger partial charge is 0.0802 e. The van der Waals surface area contributed by atoms with Gasteiger partial charge in [0, 0.05) is 0 Å². The number of hydrogen-bond donors (Lipinski definition) is 1. The molecule has 1 saturated carbocycles. The monoisotopic (exact) mass is 172 g/mol. The van der Waals surface area contributed by atoms with Gasteiger partial charge in [-0.2, -0.15) is 0 Å². The molecule has 0 amide bonds. The zero-order chi connectivity index (χ0) is 9.19. The number of ether oxygens (including phenoxy) is 1. The fraction of sp³-hybridized carbons (Fsp3) is 1.00. The fourth-order valence-electron chi connectivity index (χ4n) is 1.03. The van der Waals surface area contributed by atoms with Crippen LogP contribution >= 0.6 is 0 Å². The molecule has 1 unspecified atom stereocenters. The summed E-state index contributed by atoms with van der Waals surface area (Å²) in [6.45, 7) is 6.73. The second-order valence-electron chi connectivity index (χ2n) is 4.33. The second-order valence-corrected chi connectivity index (χ2v) is 4.33. The van der Waals surface area contributed by atoms with Gasteiger partial charge < -0.3 is 9.84 Å². The maximum Gasteiger partial charge on any atom is 0.0802 e. The number of rotatable bonds is 5. The molecule has 12 heavy (non-hydrogen) atoms. The van der Waals surface area contributed by atoms with Crippen LogP contribution in [-0.2, 0) is 4.74 Å². The average Bonchev–Trinajstić information content (AvgIpc) is 2.83. The molecule has 1 aliphatic carbocycles. The zero-order valence-corrected chi connectivity index (χ0v) is 8.34. The molecule has 1 atom stereocenters. The lowest BCUT2D eigenvalue weighted by Gasteiger charge is -2.25. The minimum Gasteiger partial charge on any atom is -0.390 e. The summed E-state index contributed by atoms with van der Waals surface area (Å²) in [6, 6.07) is 0. The SMILES string of the molecule is CCC(C)(C)OCC(O)C1CC1. The summed E-state index contributed by atoms with van der Waals surface area (Å²) in [5.74, 6) is 0.526. The Kier molecular flexibility index (Phi) is 3.13. The summed E-state index contributed by atoms with van der Waals surface area (Å²) in [5, 5.41) is 9.52. The van der Waals surface area contributed by atoms with Crippen LogP contribution in [0.1, 0.15) is 40.0 Å². The Morgan fingerprint density at radius 2 is 2.08 bits per heavy atom. The van der Waals surface area contributed by atoms with Crippen molar-refractivity contribution in [2.45, 2.75) is 51.7 Å². The molecule has 0 radical (unpaired) electrons. The Balaban J connectivity index is 2.14. The molecule has 1 fully saturated rings. The van der Waals surface area contributed by atoms with Gasteiger partial charge in [-0.15, -0.1) is 0 Å². The molecule has 2 nitrogen and oxygen atoms in total. The molecule has 1 aliphatic rings. The Labute approximate surface area is 74.9 Å². The first-order valence-electron chi connectivity index (χ1n) is 4.87. The van der Waals surface area contributed by atoms with E-state index in [9.17, 15) is 5.11 Å². The van der Waals surface area contributed by atoms with E-state index in [1.165, 1.54) is 12.8 Å². The summed E-state index contributed by atoms with van der Waals surface area (Å²) >= 11 is 0. The lowest BCUT2D eigenvalue weighted by atomic mass is 10.1. The third kappa shape index (κ3) is 3.11. The standard InChI is InChI=1S/C10H20O2/c1-4-10(2,3)12-7-9(11)8-5-6-8/h8-9,11H,4-7H2,1-3H3. The maximum atomic E-state index is 9.52. The van der Waals surface area contributed by atoms with Gasteiger partial charge in [0.1, 0.15) is 0 Å². The van der Waals surface area contributed by atoms with Gasteiger partial charge in [0.25, 0.3) is 0 Å². The average molecular weight is 172 g/mol. The topological polar surface area (TPSA) is 29.5 Å². The Hall–Kier alpha value is -0.0800. The largest absolute Gasteiger partial charge is 0.390 e. The lowest BCUT2D eigenvalue weighted by Crippen LogP contribution is -2.29. The van der Waals surface area contributed by atoms with Crippen LogP contribution < -0.4 is 0 Å². The highest BCUT2D eigenvalue weighted by atomic mass is 16.5. The van der Waals surface area contributed by atoms with E-state index in [-0.39, 0.29) is 11.7 Å². The van der Waals surface area contributed by atoms with Crippen molar-refractivity contribution >= 4 is 0 Å². The van der Waals surface area contributed by atoms with Crippen molar-refractivity contribution in [1.29, 1.82) is 0 Å². The summed E-state index contributed by atoms with van der Waals surface area (Å²) in [7, 11) is 0. The van der Waals surface area contributed by atoms with Crippen LogP contribution in [0, 0.1) is 5.92 Å². The van der Waals surface area contributed by atoms with Crippen molar-refractivity contribution in [3.8, 4) is 0 Å². The van der Waals surface area contributed by atoms with E-state index < -0.39 is 0 Å². The minimum absolute atomic E-state index is 0.0735. The van der Waals surface area contributed by atoms with Crippen LogP contribution in [0.5, 0.6) is 0 Å². The van der Waals surface area contributed by atoms with E-state index in [1.807, 2.05) is 0 Å². The van der Waals surface area contributed by atoms with Crippen LogP contribution in [-0.4, -0.2) is 23.4 Å². The number of hydrogen-bond acceptors (Lipinski definition) is 2. The second kappa shape index (κ2) is 3.75. The maximum absolute atomic E-state index is 9.52. The summed E-state index contributed by atoms with van der Waals surface area (Å²) in [6.07, 6.45) is 3.12. The quantitative estimate of drug-likeness (QED) is 0.687.